The van der Waals surface area contributed by atoms with E-state index in [0.29, 0.717) is 22.3 Å². The Morgan fingerprint density at radius 3 is 2.45 bits per heavy atom. The number of ketones is 1. The highest BCUT2D eigenvalue weighted by Crippen LogP contribution is 2.33. The largest absolute Gasteiger partial charge is 0.462 e. The summed E-state index contributed by atoms with van der Waals surface area (Å²) in [6.45, 7) is -0.429. The van der Waals surface area contributed by atoms with Gasteiger partial charge in [-0.05, 0) is 54.2 Å². The number of amides is 2. The first kappa shape index (κ1) is 21.6. The Balaban J connectivity index is 1.63. The van der Waals surface area contributed by atoms with E-state index in [1.165, 1.54) is 30.3 Å². The van der Waals surface area contributed by atoms with E-state index in [2.05, 4.69) is 0 Å². The second kappa shape index (κ2) is 8.51. The number of hydrogen-bond acceptors (Lipinski definition) is 6. The van der Waals surface area contributed by atoms with Crippen molar-refractivity contribution in [2.45, 2.75) is 0 Å². The summed E-state index contributed by atoms with van der Waals surface area (Å²) in [4.78, 5) is 51.0. The van der Waals surface area contributed by atoms with Crippen molar-refractivity contribution in [2.24, 2.45) is 0 Å². The van der Waals surface area contributed by atoms with Gasteiger partial charge in [-0.3, -0.25) is 24.1 Å². The Labute approximate surface area is 194 Å². The molecule has 0 bridgehead atoms. The molecule has 10 heteroatoms. The van der Waals surface area contributed by atoms with Crippen LogP contribution in [0.15, 0.2) is 56.8 Å². The third kappa shape index (κ3) is 4.27. The number of hydrogen-bond donors (Lipinski definition) is 0. The molecular formula is C21H10Cl3NO5S. The molecule has 4 rings (SSSR count). The molecule has 6 nitrogen and oxygen atoms in total. The average molecular weight is 495 g/mol. The second-order valence-electron chi connectivity index (χ2n) is 6.48. The van der Waals surface area contributed by atoms with E-state index in [-0.39, 0.29) is 31.5 Å². The minimum absolute atomic E-state index is 0.00585. The Hall–Kier alpha value is -2.58. The number of carbonyl (C=O) groups excluding carboxylic acids is 3. The van der Waals surface area contributed by atoms with Gasteiger partial charge >= 0.3 is 0 Å². The molecule has 0 radical (unpaired) electrons. The number of nitrogens with zero attached hydrogens (tertiary/aromatic N) is 1. The standard InChI is InChI=1S/C21H10Cl3NO5S/c22-12-3-1-10(2-4-12)16(26)8-25-20(28)17(31-21(25)29)5-11-9-30-19-14(18(11)27)6-13(23)7-15(19)24/h1-7,9H,8H2/b17-5-. The number of carbonyl (C=O) groups is 3. The van der Waals surface area contributed by atoms with Gasteiger partial charge in [0.25, 0.3) is 11.1 Å². The number of halogens is 3. The third-order valence-corrected chi connectivity index (χ3v) is 6.11. The molecule has 2 amide bonds. The van der Waals surface area contributed by atoms with Gasteiger partial charge in [-0.1, -0.05) is 34.8 Å². The Morgan fingerprint density at radius 1 is 1.03 bits per heavy atom. The van der Waals surface area contributed by atoms with Crippen molar-refractivity contribution in [1.82, 2.24) is 4.90 Å². The lowest BCUT2D eigenvalue weighted by atomic mass is 10.1. The van der Waals surface area contributed by atoms with E-state index in [0.717, 1.165) is 11.2 Å². The van der Waals surface area contributed by atoms with Crippen LogP contribution in [0.3, 0.4) is 0 Å². The van der Waals surface area contributed by atoms with Crippen LogP contribution in [0.5, 0.6) is 0 Å². The van der Waals surface area contributed by atoms with Crippen LogP contribution in [0, 0.1) is 0 Å². The fourth-order valence-electron chi connectivity index (χ4n) is 2.93. The highest BCUT2D eigenvalue weighted by atomic mass is 35.5. The van der Waals surface area contributed by atoms with E-state index in [4.69, 9.17) is 39.2 Å². The molecule has 1 aliphatic heterocycles. The van der Waals surface area contributed by atoms with Crippen LogP contribution in [0.2, 0.25) is 15.1 Å². The first-order valence-corrected chi connectivity index (χ1v) is 10.6. The maximum absolute atomic E-state index is 12.8. The number of thioether (sulfide) groups is 1. The van der Waals surface area contributed by atoms with Crippen LogP contribution in [-0.2, 0) is 4.79 Å². The SMILES string of the molecule is O=C(CN1C(=O)S/C(=C\c2coc3c(Cl)cc(Cl)cc3c2=O)C1=O)c1ccc(Cl)cc1. The molecular weight excluding hydrogens is 485 g/mol. The minimum Gasteiger partial charge on any atom is -0.462 e. The van der Waals surface area contributed by atoms with Crippen molar-refractivity contribution < 1.29 is 18.8 Å². The van der Waals surface area contributed by atoms with Crippen LogP contribution >= 0.6 is 46.6 Å². The summed E-state index contributed by atoms with van der Waals surface area (Å²) in [7, 11) is 0. The summed E-state index contributed by atoms with van der Waals surface area (Å²) in [5.41, 5.74) is 0.0568. The average Bonchev–Trinajstić information content (AvgIpc) is 2.98. The summed E-state index contributed by atoms with van der Waals surface area (Å²) in [6.07, 6.45) is 2.40. The fourth-order valence-corrected chi connectivity index (χ4v) is 4.42. The van der Waals surface area contributed by atoms with Gasteiger partial charge in [0.05, 0.1) is 27.4 Å². The second-order valence-corrected chi connectivity index (χ2v) is 8.76. The van der Waals surface area contributed by atoms with Crippen molar-refractivity contribution in [2.75, 3.05) is 6.54 Å². The van der Waals surface area contributed by atoms with Crippen molar-refractivity contribution in [3.63, 3.8) is 0 Å². The molecule has 3 aromatic rings. The van der Waals surface area contributed by atoms with Gasteiger partial charge < -0.3 is 4.42 Å². The first-order valence-electron chi connectivity index (χ1n) is 8.69. The minimum atomic E-state index is -0.680. The number of imide groups is 1. The van der Waals surface area contributed by atoms with Gasteiger partial charge in [-0.2, -0.15) is 0 Å². The molecule has 31 heavy (non-hydrogen) atoms. The van der Waals surface area contributed by atoms with Gasteiger partial charge in [-0.15, -0.1) is 0 Å². The summed E-state index contributed by atoms with van der Waals surface area (Å²) in [6, 6.07) is 8.95. The predicted molar refractivity (Wildman–Crippen MR) is 121 cm³/mol. The smallest absolute Gasteiger partial charge is 0.293 e. The molecule has 1 fully saturated rings. The van der Waals surface area contributed by atoms with Gasteiger partial charge in [0.2, 0.25) is 0 Å². The topological polar surface area (TPSA) is 84.7 Å². The Morgan fingerprint density at radius 2 is 1.74 bits per heavy atom. The zero-order valence-corrected chi connectivity index (χ0v) is 18.4. The van der Waals surface area contributed by atoms with E-state index >= 15 is 0 Å². The lowest BCUT2D eigenvalue weighted by Crippen LogP contribution is -2.33. The normalized spacial score (nSPS) is 15.3. The third-order valence-electron chi connectivity index (χ3n) is 4.45. The zero-order valence-electron chi connectivity index (χ0n) is 15.4. The number of fused-ring (bicyclic) bond motifs is 1. The fraction of sp³-hybridized carbons (Fsp3) is 0.0476. The monoisotopic (exact) mass is 493 g/mol. The highest BCUT2D eigenvalue weighted by Gasteiger charge is 2.36. The summed E-state index contributed by atoms with van der Waals surface area (Å²) in [5, 5.41) is 0.413. The molecule has 0 saturated carbocycles. The Bertz CT molecular complexity index is 1350. The van der Waals surface area contributed by atoms with E-state index in [1.807, 2.05) is 0 Å². The van der Waals surface area contributed by atoms with Crippen LogP contribution < -0.4 is 5.43 Å². The lowest BCUT2D eigenvalue weighted by Gasteiger charge is -2.11. The highest BCUT2D eigenvalue weighted by molar-refractivity contribution is 8.18. The van der Waals surface area contributed by atoms with Gasteiger partial charge in [-0.25, -0.2) is 0 Å². The maximum Gasteiger partial charge on any atom is 0.293 e. The van der Waals surface area contributed by atoms with Crippen LogP contribution in [0.4, 0.5) is 4.79 Å². The van der Waals surface area contributed by atoms with Crippen molar-refractivity contribution >= 4 is 80.5 Å². The number of rotatable bonds is 4. The summed E-state index contributed by atoms with van der Waals surface area (Å²) >= 11 is 18.4. The van der Waals surface area contributed by atoms with E-state index in [9.17, 15) is 19.2 Å². The van der Waals surface area contributed by atoms with E-state index in [1.54, 1.807) is 12.1 Å². The molecule has 0 spiro atoms. The number of benzene rings is 2. The summed E-state index contributed by atoms with van der Waals surface area (Å²) in [5.74, 6) is -1.10. The van der Waals surface area contributed by atoms with E-state index < -0.39 is 28.9 Å². The van der Waals surface area contributed by atoms with Crippen molar-refractivity contribution in [3.05, 3.63) is 84.0 Å². The Kier molecular flexibility index (Phi) is 5.94. The number of Topliss-reactive ketones (excluding diaryl/α,β-unsaturated/α-hetero) is 1. The van der Waals surface area contributed by atoms with Crippen molar-refractivity contribution in [3.8, 4) is 0 Å². The maximum atomic E-state index is 12.8. The molecule has 0 N–H and O–H groups in total. The molecule has 2 aromatic carbocycles. The predicted octanol–water partition coefficient (Wildman–Crippen LogP) is 5.67. The van der Waals surface area contributed by atoms with Gasteiger partial charge in [0.15, 0.2) is 16.8 Å². The lowest BCUT2D eigenvalue weighted by molar-refractivity contribution is -0.122. The molecule has 1 aromatic heterocycles. The molecule has 1 saturated heterocycles. The molecule has 156 valence electrons. The van der Waals surface area contributed by atoms with Crippen LogP contribution in [-0.4, -0.2) is 28.4 Å². The molecule has 0 unspecified atom stereocenters. The van der Waals surface area contributed by atoms with Crippen LogP contribution in [0.25, 0.3) is 17.0 Å². The quantitative estimate of drug-likeness (QED) is 0.343. The molecule has 0 atom stereocenters. The van der Waals surface area contributed by atoms with Crippen LogP contribution in [0.1, 0.15) is 15.9 Å². The summed E-state index contributed by atoms with van der Waals surface area (Å²) < 4.78 is 5.42. The molecule has 0 aliphatic carbocycles. The van der Waals surface area contributed by atoms with Crippen molar-refractivity contribution in [1.29, 1.82) is 0 Å². The van der Waals surface area contributed by atoms with Gasteiger partial charge in [0, 0.05) is 15.6 Å². The molecule has 1 aliphatic rings. The zero-order chi connectivity index (χ0) is 22.3. The van der Waals surface area contributed by atoms with Gasteiger partial charge in [0.1, 0.15) is 6.26 Å². The first-order chi connectivity index (χ1) is 14.7. The molecule has 2 heterocycles.